The lowest BCUT2D eigenvalue weighted by molar-refractivity contribution is 0.0378. The van der Waals surface area contributed by atoms with E-state index in [-0.39, 0.29) is 6.54 Å². The van der Waals surface area contributed by atoms with Gasteiger partial charge in [-0.25, -0.2) is 13.1 Å². The molecular weight excluding hydrogens is 358 g/mol. The maximum Gasteiger partial charge on any atom is 0.208 e. The third-order valence-corrected chi connectivity index (χ3v) is 4.83. The summed E-state index contributed by atoms with van der Waals surface area (Å²) >= 11 is 0. The van der Waals surface area contributed by atoms with Crippen molar-refractivity contribution in [3.63, 3.8) is 0 Å². The van der Waals surface area contributed by atoms with Gasteiger partial charge in [0.25, 0.3) is 0 Å². The van der Waals surface area contributed by atoms with Crippen LogP contribution in [0.25, 0.3) is 5.65 Å². The molecule has 0 aliphatic carbocycles. The molecule has 144 valence electrons. The summed E-state index contributed by atoms with van der Waals surface area (Å²) in [6, 6.07) is 3.72. The van der Waals surface area contributed by atoms with Crippen molar-refractivity contribution in [1.82, 2.24) is 29.4 Å². The number of fused-ring (bicyclic) bond motifs is 1. The monoisotopic (exact) mass is 383 g/mol. The zero-order valence-electron chi connectivity index (χ0n) is 14.9. The van der Waals surface area contributed by atoms with Crippen LogP contribution >= 0.6 is 0 Å². The minimum Gasteiger partial charge on any atom is -0.379 e. The molecule has 0 aromatic carbocycles. The predicted octanol–water partition coefficient (Wildman–Crippen LogP) is -0.650. The van der Waals surface area contributed by atoms with E-state index in [4.69, 9.17) is 4.74 Å². The molecule has 0 spiro atoms. The van der Waals surface area contributed by atoms with Gasteiger partial charge in [-0.1, -0.05) is 0 Å². The summed E-state index contributed by atoms with van der Waals surface area (Å²) in [5.41, 5.74) is 0.637. The molecule has 0 amide bonds. The lowest BCUT2D eigenvalue weighted by Crippen LogP contribution is -2.37. The Morgan fingerprint density at radius 1 is 1.19 bits per heavy atom. The second-order valence-electron chi connectivity index (χ2n) is 6.26. The largest absolute Gasteiger partial charge is 0.379 e. The summed E-state index contributed by atoms with van der Waals surface area (Å²) in [5, 5.41) is 16.0. The Kier molecular flexibility index (Phi) is 6.35. The highest BCUT2D eigenvalue weighted by Gasteiger charge is 2.10. The van der Waals surface area contributed by atoms with Crippen molar-refractivity contribution < 1.29 is 13.2 Å². The average Bonchev–Trinajstić information content (AvgIpc) is 3.01. The molecule has 0 radical (unpaired) electrons. The zero-order valence-corrected chi connectivity index (χ0v) is 15.7. The molecule has 0 atom stereocenters. The summed E-state index contributed by atoms with van der Waals surface area (Å²) in [4.78, 5) is 2.40. The molecule has 2 aromatic rings. The summed E-state index contributed by atoms with van der Waals surface area (Å²) in [5.74, 6) is 1.37. The van der Waals surface area contributed by atoms with Crippen LogP contribution in [0.4, 0.5) is 5.82 Å². The lowest BCUT2D eigenvalue weighted by Gasteiger charge is -2.26. The Hall–Kier alpha value is -1.82. The zero-order chi connectivity index (χ0) is 18.4. The highest BCUT2D eigenvalue weighted by Crippen LogP contribution is 2.08. The van der Waals surface area contributed by atoms with E-state index in [0.29, 0.717) is 17.9 Å². The van der Waals surface area contributed by atoms with Crippen molar-refractivity contribution in [1.29, 1.82) is 0 Å². The maximum atomic E-state index is 11.1. The number of nitrogens with zero attached hydrogens (tertiary/aromatic N) is 5. The van der Waals surface area contributed by atoms with Crippen LogP contribution in [-0.4, -0.2) is 85.3 Å². The van der Waals surface area contributed by atoms with E-state index in [0.717, 1.165) is 57.9 Å². The summed E-state index contributed by atoms with van der Waals surface area (Å²) in [6.45, 7) is 5.74. The summed E-state index contributed by atoms with van der Waals surface area (Å²) < 4.78 is 31.7. The average molecular weight is 383 g/mol. The first-order chi connectivity index (χ1) is 12.5. The van der Waals surface area contributed by atoms with Gasteiger partial charge in [0.05, 0.1) is 19.5 Å². The summed E-state index contributed by atoms with van der Waals surface area (Å²) in [6.07, 6.45) is 2.57. The molecule has 0 bridgehead atoms. The normalized spacial score (nSPS) is 16.2. The van der Waals surface area contributed by atoms with Crippen molar-refractivity contribution in [3.8, 4) is 0 Å². The number of hydrogen-bond acceptors (Lipinski definition) is 8. The third kappa shape index (κ3) is 5.59. The predicted molar refractivity (Wildman–Crippen MR) is 97.7 cm³/mol. The minimum atomic E-state index is -3.22. The first-order valence-corrected chi connectivity index (χ1v) is 10.6. The van der Waals surface area contributed by atoms with Gasteiger partial charge in [-0.15, -0.1) is 15.3 Å². The molecule has 1 aliphatic heterocycles. The Morgan fingerprint density at radius 3 is 2.77 bits per heavy atom. The molecule has 26 heavy (non-hydrogen) atoms. The second-order valence-corrected chi connectivity index (χ2v) is 8.09. The van der Waals surface area contributed by atoms with E-state index in [1.54, 1.807) is 4.52 Å². The number of sulfonamides is 1. The molecule has 2 aromatic heterocycles. The Balaban J connectivity index is 1.51. The SMILES string of the molecule is CS(=O)(=O)NCCc1nnc2ccc(NCCCN3CCOCC3)nn12. The highest BCUT2D eigenvalue weighted by atomic mass is 32.2. The van der Waals surface area contributed by atoms with Crippen molar-refractivity contribution in [2.24, 2.45) is 0 Å². The molecule has 1 saturated heterocycles. The molecule has 3 rings (SSSR count). The van der Waals surface area contributed by atoms with Crippen molar-refractivity contribution in [2.75, 3.05) is 57.5 Å². The van der Waals surface area contributed by atoms with Crippen LogP contribution in [0, 0.1) is 0 Å². The van der Waals surface area contributed by atoms with Gasteiger partial charge in [0.1, 0.15) is 5.82 Å². The Bertz CT molecular complexity index is 818. The maximum absolute atomic E-state index is 11.1. The number of hydrogen-bond donors (Lipinski definition) is 2. The number of aromatic nitrogens is 4. The van der Waals surface area contributed by atoms with E-state index in [2.05, 4.69) is 30.2 Å². The van der Waals surface area contributed by atoms with Gasteiger partial charge < -0.3 is 10.1 Å². The number of nitrogens with one attached hydrogen (secondary N) is 2. The number of ether oxygens (including phenoxy) is 1. The first kappa shape index (κ1) is 19.0. The fourth-order valence-corrected chi connectivity index (χ4v) is 3.25. The van der Waals surface area contributed by atoms with Crippen molar-refractivity contribution in [3.05, 3.63) is 18.0 Å². The molecule has 1 aliphatic rings. The molecule has 2 N–H and O–H groups in total. The Labute approximate surface area is 153 Å². The second kappa shape index (κ2) is 8.71. The topological polar surface area (TPSA) is 114 Å². The van der Waals surface area contributed by atoms with Gasteiger partial charge in [0.15, 0.2) is 11.5 Å². The molecule has 1 fully saturated rings. The van der Waals surface area contributed by atoms with Crippen LogP contribution in [0.2, 0.25) is 0 Å². The smallest absolute Gasteiger partial charge is 0.208 e. The molecule has 0 unspecified atom stereocenters. The van der Waals surface area contributed by atoms with E-state index in [9.17, 15) is 8.42 Å². The van der Waals surface area contributed by atoms with Crippen LogP contribution < -0.4 is 10.0 Å². The van der Waals surface area contributed by atoms with Crippen LogP contribution in [-0.2, 0) is 21.2 Å². The third-order valence-electron chi connectivity index (χ3n) is 4.10. The first-order valence-electron chi connectivity index (χ1n) is 8.71. The van der Waals surface area contributed by atoms with Crippen LogP contribution in [0.5, 0.6) is 0 Å². The summed E-state index contributed by atoms with van der Waals surface area (Å²) in [7, 11) is -3.22. The fraction of sp³-hybridized carbons (Fsp3) is 0.667. The molecule has 11 heteroatoms. The molecular formula is C15H25N7O3S. The van der Waals surface area contributed by atoms with Crippen LogP contribution in [0.15, 0.2) is 12.1 Å². The van der Waals surface area contributed by atoms with Gasteiger partial charge in [-0.05, 0) is 25.1 Å². The quantitative estimate of drug-likeness (QED) is 0.549. The molecule has 10 nitrogen and oxygen atoms in total. The van der Waals surface area contributed by atoms with Gasteiger partial charge in [-0.2, -0.15) is 4.52 Å². The van der Waals surface area contributed by atoms with E-state index < -0.39 is 10.0 Å². The standard InChI is InChI=1S/C15H25N7O3S/c1-26(23,24)17-7-5-15-19-18-14-4-3-13(20-22(14)15)16-6-2-8-21-9-11-25-12-10-21/h3-4,17H,2,5-12H2,1H3,(H,16,20). The Morgan fingerprint density at radius 2 is 2.00 bits per heavy atom. The van der Waals surface area contributed by atoms with Gasteiger partial charge in [0.2, 0.25) is 10.0 Å². The fourth-order valence-electron chi connectivity index (χ4n) is 2.78. The highest BCUT2D eigenvalue weighted by molar-refractivity contribution is 7.88. The minimum absolute atomic E-state index is 0.262. The van der Waals surface area contributed by atoms with E-state index >= 15 is 0 Å². The van der Waals surface area contributed by atoms with Gasteiger partial charge in [0, 0.05) is 32.6 Å². The molecule has 0 saturated carbocycles. The lowest BCUT2D eigenvalue weighted by atomic mass is 10.3. The van der Waals surface area contributed by atoms with Gasteiger partial charge in [-0.3, -0.25) is 4.90 Å². The van der Waals surface area contributed by atoms with Crippen LogP contribution in [0.3, 0.4) is 0 Å². The van der Waals surface area contributed by atoms with Crippen LogP contribution in [0.1, 0.15) is 12.2 Å². The van der Waals surface area contributed by atoms with Gasteiger partial charge >= 0.3 is 0 Å². The van der Waals surface area contributed by atoms with Crippen molar-refractivity contribution >= 4 is 21.5 Å². The molecule has 3 heterocycles. The number of anilines is 1. The van der Waals surface area contributed by atoms with Crippen molar-refractivity contribution in [2.45, 2.75) is 12.8 Å². The van der Waals surface area contributed by atoms with E-state index in [1.165, 1.54) is 0 Å². The van der Waals surface area contributed by atoms with E-state index in [1.807, 2.05) is 12.1 Å². The number of rotatable bonds is 9. The number of morpholine rings is 1.